The molecule has 1 aliphatic heterocycles. The summed E-state index contributed by atoms with van der Waals surface area (Å²) in [5, 5.41) is 9.15. The van der Waals surface area contributed by atoms with Gasteiger partial charge in [-0.25, -0.2) is 9.97 Å². The molecular formula is C25H26F3N7O2. The Hall–Kier alpha value is -3.90. The van der Waals surface area contributed by atoms with Crippen LogP contribution in [0.3, 0.4) is 0 Å². The molecule has 37 heavy (non-hydrogen) atoms. The summed E-state index contributed by atoms with van der Waals surface area (Å²) in [6, 6.07) is 8.60. The molecule has 0 fully saturated rings. The fraction of sp³-hybridized carbons (Fsp3) is 0.320. The molecule has 1 amide bonds. The summed E-state index contributed by atoms with van der Waals surface area (Å²) < 4.78 is 43.2. The van der Waals surface area contributed by atoms with Gasteiger partial charge in [-0.3, -0.25) is 15.1 Å². The quantitative estimate of drug-likeness (QED) is 0.376. The first-order valence-electron chi connectivity index (χ1n) is 11.6. The van der Waals surface area contributed by atoms with Crippen molar-refractivity contribution < 1.29 is 22.7 Å². The summed E-state index contributed by atoms with van der Waals surface area (Å²) in [4.78, 5) is 28.7. The van der Waals surface area contributed by atoms with E-state index < -0.39 is 31.5 Å². The van der Waals surface area contributed by atoms with Crippen LogP contribution >= 0.6 is 0 Å². The van der Waals surface area contributed by atoms with Crippen LogP contribution in [0.1, 0.15) is 42.3 Å². The van der Waals surface area contributed by atoms with Crippen molar-refractivity contribution in [3.8, 4) is 0 Å². The van der Waals surface area contributed by atoms with Crippen molar-refractivity contribution in [2.24, 2.45) is 0 Å². The van der Waals surface area contributed by atoms with Crippen molar-refractivity contribution in [3.63, 3.8) is 0 Å². The number of anilines is 3. The van der Waals surface area contributed by atoms with E-state index in [1.165, 1.54) is 13.3 Å². The highest BCUT2D eigenvalue weighted by Crippen LogP contribution is 2.34. The Kier molecular flexibility index (Phi) is 8.09. The molecular weight excluding hydrogens is 487 g/mol. The average molecular weight is 514 g/mol. The number of nitrogens with zero attached hydrogens (tertiary/aromatic N) is 4. The number of pyridine rings is 1. The molecule has 0 bridgehead atoms. The summed E-state index contributed by atoms with van der Waals surface area (Å²) in [6.45, 7) is 2.81. The number of ether oxygens (including phenoxy) is 1. The zero-order chi connectivity index (χ0) is 26.4. The van der Waals surface area contributed by atoms with Crippen LogP contribution in [-0.4, -0.2) is 44.9 Å². The zero-order valence-corrected chi connectivity index (χ0v) is 20.2. The van der Waals surface area contributed by atoms with Crippen LogP contribution in [0.2, 0.25) is 0 Å². The lowest BCUT2D eigenvalue weighted by Crippen LogP contribution is -2.40. The standard InChI is InChI=1S/C25H26F3N7O2/c1-15-19(32-16(2)36)4-3-5-20(15)33-24-31-14-30-23(35-24)22-18(17-8-11-29-12-9-17)6-7-21(34-22)37-13-10-25(26,27)28/h3-9,11-12,14,18,21-22,34H,10,13H2,1-2H3,(H,32,36)(H,30,31,33,35)/t18?,21-,22?/m1/s1. The smallest absolute Gasteiger partial charge is 0.359 e. The van der Waals surface area contributed by atoms with Gasteiger partial charge in [0.2, 0.25) is 11.9 Å². The number of carbonyl (C=O) groups excluding carboxylic acids is 1. The lowest BCUT2D eigenvalue weighted by Gasteiger charge is -2.32. The molecule has 4 rings (SSSR count). The summed E-state index contributed by atoms with van der Waals surface area (Å²) in [5.74, 6) is 0.232. The molecule has 0 saturated heterocycles. The Morgan fingerprint density at radius 3 is 2.59 bits per heavy atom. The van der Waals surface area contributed by atoms with Gasteiger partial charge in [-0.05, 0) is 48.4 Å². The predicted molar refractivity (Wildman–Crippen MR) is 131 cm³/mol. The number of aromatic nitrogens is 4. The van der Waals surface area contributed by atoms with Crippen molar-refractivity contribution in [2.45, 2.75) is 44.6 Å². The van der Waals surface area contributed by atoms with Gasteiger partial charge in [-0.15, -0.1) is 0 Å². The van der Waals surface area contributed by atoms with E-state index in [2.05, 4.69) is 35.9 Å². The van der Waals surface area contributed by atoms with Crippen LogP contribution in [0, 0.1) is 6.92 Å². The van der Waals surface area contributed by atoms with Crippen molar-refractivity contribution in [2.75, 3.05) is 17.2 Å². The van der Waals surface area contributed by atoms with Gasteiger partial charge in [0, 0.05) is 36.6 Å². The highest BCUT2D eigenvalue weighted by atomic mass is 19.4. The first-order chi connectivity index (χ1) is 17.7. The zero-order valence-electron chi connectivity index (χ0n) is 20.2. The van der Waals surface area contributed by atoms with Crippen molar-refractivity contribution in [1.82, 2.24) is 25.3 Å². The molecule has 3 atom stereocenters. The molecule has 2 aromatic heterocycles. The number of benzene rings is 1. The van der Waals surface area contributed by atoms with Crippen molar-refractivity contribution in [3.05, 3.63) is 78.2 Å². The Labute approximate surface area is 211 Å². The molecule has 194 valence electrons. The van der Waals surface area contributed by atoms with Crippen molar-refractivity contribution >= 4 is 23.2 Å². The number of halogens is 3. The maximum Gasteiger partial charge on any atom is 0.391 e. The minimum Gasteiger partial charge on any atom is -0.359 e. The summed E-state index contributed by atoms with van der Waals surface area (Å²) in [7, 11) is 0. The molecule has 3 aromatic rings. The summed E-state index contributed by atoms with van der Waals surface area (Å²) >= 11 is 0. The fourth-order valence-corrected chi connectivity index (χ4v) is 3.93. The fourth-order valence-electron chi connectivity index (χ4n) is 3.93. The number of alkyl halides is 3. The van der Waals surface area contributed by atoms with E-state index in [1.807, 2.05) is 31.2 Å². The Morgan fingerprint density at radius 1 is 1.11 bits per heavy atom. The van der Waals surface area contributed by atoms with E-state index in [1.54, 1.807) is 30.6 Å². The van der Waals surface area contributed by atoms with Gasteiger partial charge in [0.05, 0.1) is 19.1 Å². The molecule has 9 nitrogen and oxygen atoms in total. The second kappa shape index (κ2) is 11.4. The Morgan fingerprint density at radius 2 is 1.86 bits per heavy atom. The molecule has 0 radical (unpaired) electrons. The van der Waals surface area contributed by atoms with Crippen LogP contribution in [0.15, 0.2) is 61.2 Å². The van der Waals surface area contributed by atoms with Gasteiger partial charge in [0.1, 0.15) is 12.6 Å². The van der Waals surface area contributed by atoms with Crippen LogP contribution in [0.4, 0.5) is 30.5 Å². The van der Waals surface area contributed by atoms with E-state index in [0.717, 1.165) is 11.1 Å². The lowest BCUT2D eigenvalue weighted by molar-refractivity contribution is -0.148. The van der Waals surface area contributed by atoms with E-state index >= 15 is 0 Å². The summed E-state index contributed by atoms with van der Waals surface area (Å²) in [5.41, 5.74) is 3.07. The van der Waals surface area contributed by atoms with Gasteiger partial charge in [0.15, 0.2) is 5.82 Å². The average Bonchev–Trinajstić information content (AvgIpc) is 2.86. The van der Waals surface area contributed by atoms with Crippen LogP contribution in [0.5, 0.6) is 0 Å². The SMILES string of the molecule is CC(=O)Nc1cccc(Nc2ncnc(C3N[C@H](OCCC(F)(F)F)C=CC3c3ccncc3)n2)c1C. The highest BCUT2D eigenvalue weighted by molar-refractivity contribution is 5.90. The van der Waals surface area contributed by atoms with Gasteiger partial charge >= 0.3 is 6.18 Å². The molecule has 3 N–H and O–H groups in total. The molecule has 3 heterocycles. The second-order valence-corrected chi connectivity index (χ2v) is 8.44. The van der Waals surface area contributed by atoms with Gasteiger partial charge in [-0.1, -0.05) is 12.1 Å². The minimum atomic E-state index is -4.30. The second-order valence-electron chi connectivity index (χ2n) is 8.44. The minimum absolute atomic E-state index is 0.187. The molecule has 1 aliphatic rings. The molecule has 12 heteroatoms. The number of hydrogen-bond acceptors (Lipinski definition) is 8. The largest absolute Gasteiger partial charge is 0.391 e. The number of amides is 1. The number of hydrogen-bond donors (Lipinski definition) is 3. The highest BCUT2D eigenvalue weighted by Gasteiger charge is 2.32. The van der Waals surface area contributed by atoms with Crippen LogP contribution < -0.4 is 16.0 Å². The number of carbonyl (C=O) groups is 1. The first-order valence-corrected chi connectivity index (χ1v) is 11.6. The molecule has 0 spiro atoms. The van der Waals surface area contributed by atoms with Gasteiger partial charge < -0.3 is 15.4 Å². The maximum atomic E-state index is 12.6. The van der Waals surface area contributed by atoms with Gasteiger partial charge in [0.25, 0.3) is 0 Å². The molecule has 0 aliphatic carbocycles. The van der Waals surface area contributed by atoms with E-state index in [4.69, 9.17) is 4.74 Å². The van der Waals surface area contributed by atoms with E-state index in [9.17, 15) is 18.0 Å². The predicted octanol–water partition coefficient (Wildman–Crippen LogP) is 4.56. The first kappa shape index (κ1) is 26.2. The third-order valence-corrected chi connectivity index (χ3v) is 5.73. The number of nitrogens with one attached hydrogen (secondary N) is 3. The monoisotopic (exact) mass is 513 g/mol. The van der Waals surface area contributed by atoms with E-state index in [-0.39, 0.29) is 17.8 Å². The Bertz CT molecular complexity index is 1250. The van der Waals surface area contributed by atoms with Crippen LogP contribution in [-0.2, 0) is 9.53 Å². The topological polar surface area (TPSA) is 114 Å². The third kappa shape index (κ3) is 7.08. The normalized spacial score (nSPS) is 19.4. The third-order valence-electron chi connectivity index (χ3n) is 5.73. The Balaban J connectivity index is 1.58. The van der Waals surface area contributed by atoms with Gasteiger partial charge in [-0.2, -0.15) is 18.2 Å². The maximum absolute atomic E-state index is 12.6. The summed E-state index contributed by atoms with van der Waals surface area (Å²) in [6.07, 6.45) is 2.14. The number of rotatable bonds is 8. The van der Waals surface area contributed by atoms with Crippen LogP contribution in [0.25, 0.3) is 0 Å². The van der Waals surface area contributed by atoms with Crippen molar-refractivity contribution in [1.29, 1.82) is 0 Å². The van der Waals surface area contributed by atoms with E-state index in [0.29, 0.717) is 17.2 Å². The molecule has 1 aromatic carbocycles. The lowest BCUT2D eigenvalue weighted by atomic mass is 9.88. The molecule has 0 saturated carbocycles. The molecule has 2 unspecified atom stereocenters.